The Bertz CT molecular complexity index is 1080. The lowest BCUT2D eigenvalue weighted by Gasteiger charge is -2.17. The molecular formula is C26H27FN2O3. The van der Waals surface area contributed by atoms with Crippen LogP contribution in [-0.4, -0.2) is 22.7 Å². The minimum absolute atomic E-state index is 0.122. The van der Waals surface area contributed by atoms with Crippen LogP contribution in [0, 0.1) is 5.82 Å². The number of nitrogens with zero attached hydrogens (tertiary/aromatic N) is 1. The molecule has 0 aliphatic rings. The van der Waals surface area contributed by atoms with E-state index in [0.29, 0.717) is 48.4 Å². The number of anilines is 1. The lowest BCUT2D eigenvalue weighted by Crippen LogP contribution is -2.13. The molecule has 0 bridgehead atoms. The van der Waals surface area contributed by atoms with Crippen LogP contribution in [0.2, 0.25) is 0 Å². The van der Waals surface area contributed by atoms with Gasteiger partial charge >= 0.3 is 5.97 Å². The molecule has 3 aromatic rings. The number of aromatic nitrogens is 1. The first-order chi connectivity index (χ1) is 15.5. The molecule has 5 nitrogen and oxygen atoms in total. The van der Waals surface area contributed by atoms with E-state index < -0.39 is 11.8 Å². The van der Waals surface area contributed by atoms with Crippen LogP contribution in [0.5, 0.6) is 0 Å². The van der Waals surface area contributed by atoms with E-state index in [1.54, 1.807) is 12.1 Å². The average molecular weight is 435 g/mol. The van der Waals surface area contributed by atoms with Gasteiger partial charge in [-0.2, -0.15) is 0 Å². The topological polar surface area (TPSA) is 85.4 Å². The smallest absolute Gasteiger partial charge is 0.338 e. The summed E-state index contributed by atoms with van der Waals surface area (Å²) < 4.78 is 19.2. The maximum Gasteiger partial charge on any atom is 0.338 e. The van der Waals surface area contributed by atoms with Crippen molar-refractivity contribution in [2.24, 2.45) is 0 Å². The number of carboxylic acids is 1. The number of allylic oxidation sites excluding steroid dienone is 1. The molecule has 32 heavy (non-hydrogen) atoms. The summed E-state index contributed by atoms with van der Waals surface area (Å²) in [5.74, 6) is -1.18. The van der Waals surface area contributed by atoms with Crippen molar-refractivity contribution in [2.45, 2.75) is 32.8 Å². The fourth-order valence-electron chi connectivity index (χ4n) is 3.57. The van der Waals surface area contributed by atoms with Crippen LogP contribution in [0.3, 0.4) is 0 Å². The van der Waals surface area contributed by atoms with Gasteiger partial charge in [-0.15, -0.1) is 0 Å². The van der Waals surface area contributed by atoms with Gasteiger partial charge in [0.1, 0.15) is 11.6 Å². The Labute approximate surface area is 187 Å². The molecule has 0 unspecified atom stereocenters. The van der Waals surface area contributed by atoms with Crippen LogP contribution in [0.1, 0.15) is 40.5 Å². The van der Waals surface area contributed by atoms with Crippen molar-refractivity contribution in [1.29, 1.82) is 0 Å². The zero-order chi connectivity index (χ0) is 22.9. The normalized spacial score (nSPS) is 11.2. The number of pyridine rings is 1. The van der Waals surface area contributed by atoms with Gasteiger partial charge in [-0.3, -0.25) is 0 Å². The van der Waals surface area contributed by atoms with Gasteiger partial charge < -0.3 is 15.6 Å². The number of rotatable bonds is 10. The van der Waals surface area contributed by atoms with Crippen LogP contribution in [-0.2, 0) is 24.2 Å². The number of halogens is 1. The number of nitrogen functional groups attached to an aromatic ring is 1. The van der Waals surface area contributed by atoms with E-state index in [1.807, 2.05) is 49.4 Å². The Kier molecular flexibility index (Phi) is 8.11. The molecule has 0 saturated heterocycles. The van der Waals surface area contributed by atoms with Crippen LogP contribution < -0.4 is 5.73 Å². The highest BCUT2D eigenvalue weighted by Gasteiger charge is 2.23. The first kappa shape index (κ1) is 23.2. The number of hydrogen-bond donors (Lipinski definition) is 2. The highest BCUT2D eigenvalue weighted by atomic mass is 19.1. The predicted molar refractivity (Wildman–Crippen MR) is 124 cm³/mol. The van der Waals surface area contributed by atoms with Gasteiger partial charge in [0.25, 0.3) is 0 Å². The third-order valence-corrected chi connectivity index (χ3v) is 5.05. The minimum Gasteiger partial charge on any atom is -0.478 e. The van der Waals surface area contributed by atoms with E-state index in [4.69, 9.17) is 10.5 Å². The molecule has 6 heteroatoms. The van der Waals surface area contributed by atoms with Gasteiger partial charge in [0.05, 0.1) is 24.5 Å². The highest BCUT2D eigenvalue weighted by molar-refractivity contribution is 5.99. The van der Waals surface area contributed by atoms with E-state index >= 15 is 0 Å². The van der Waals surface area contributed by atoms with Gasteiger partial charge in [0, 0.05) is 11.1 Å². The van der Waals surface area contributed by atoms with Crippen molar-refractivity contribution in [3.63, 3.8) is 0 Å². The molecule has 0 saturated carbocycles. The van der Waals surface area contributed by atoms with Crippen molar-refractivity contribution in [2.75, 3.05) is 12.3 Å². The van der Waals surface area contributed by atoms with E-state index in [2.05, 4.69) is 4.98 Å². The number of carboxylic acid groups (broad SMARTS) is 1. The Balaban J connectivity index is 1.87. The molecule has 3 N–H and O–H groups in total. The summed E-state index contributed by atoms with van der Waals surface area (Å²) in [5, 5.41) is 9.96. The van der Waals surface area contributed by atoms with Gasteiger partial charge in [-0.25, -0.2) is 14.2 Å². The maximum atomic E-state index is 13.5. The Hall–Kier alpha value is -3.51. The molecule has 3 rings (SSSR count). The van der Waals surface area contributed by atoms with Gasteiger partial charge in [0.15, 0.2) is 0 Å². The number of nitrogens with two attached hydrogens (primary N) is 1. The van der Waals surface area contributed by atoms with Gasteiger partial charge in [-0.05, 0) is 36.1 Å². The van der Waals surface area contributed by atoms with Crippen molar-refractivity contribution in [3.8, 4) is 11.1 Å². The van der Waals surface area contributed by atoms with Crippen molar-refractivity contribution in [1.82, 2.24) is 4.98 Å². The van der Waals surface area contributed by atoms with Crippen molar-refractivity contribution >= 4 is 11.8 Å². The number of ether oxygens (including phenoxy) is 1. The summed E-state index contributed by atoms with van der Waals surface area (Å²) in [4.78, 5) is 16.6. The third-order valence-electron chi connectivity index (χ3n) is 5.05. The molecule has 1 heterocycles. The molecule has 0 atom stereocenters. The first-order valence-corrected chi connectivity index (χ1v) is 10.6. The quantitative estimate of drug-likeness (QED) is 0.328. The molecule has 0 fully saturated rings. The summed E-state index contributed by atoms with van der Waals surface area (Å²) in [7, 11) is 0. The Morgan fingerprint density at radius 1 is 1.12 bits per heavy atom. The second-order valence-electron chi connectivity index (χ2n) is 7.41. The molecular weight excluding hydrogens is 407 g/mol. The van der Waals surface area contributed by atoms with E-state index in [0.717, 1.165) is 12.0 Å². The summed E-state index contributed by atoms with van der Waals surface area (Å²) in [6, 6.07) is 15.6. The molecule has 1 aromatic heterocycles. The van der Waals surface area contributed by atoms with Crippen molar-refractivity contribution in [3.05, 3.63) is 95.0 Å². The Morgan fingerprint density at radius 3 is 2.50 bits per heavy atom. The largest absolute Gasteiger partial charge is 0.478 e. The molecule has 0 aliphatic carbocycles. The second kappa shape index (κ2) is 11.2. The maximum absolute atomic E-state index is 13.5. The van der Waals surface area contributed by atoms with Crippen LogP contribution in [0.25, 0.3) is 11.1 Å². The third kappa shape index (κ3) is 5.80. The van der Waals surface area contributed by atoms with Gasteiger partial charge in [-0.1, -0.05) is 68.0 Å². The number of aromatic carboxylic acids is 1. The average Bonchev–Trinajstić information content (AvgIpc) is 2.78. The predicted octanol–water partition coefficient (Wildman–Crippen LogP) is 5.44. The zero-order valence-corrected chi connectivity index (χ0v) is 18.1. The number of benzene rings is 2. The molecule has 0 aliphatic heterocycles. The summed E-state index contributed by atoms with van der Waals surface area (Å²) in [5.41, 5.74) is 9.60. The zero-order valence-electron chi connectivity index (χ0n) is 18.1. The SMILES string of the molecule is CCCc1nc(N)c(C/C=C/COCc2ccccc2)c(-c2ccc(F)cc2)c1C(=O)O. The fourth-order valence-corrected chi connectivity index (χ4v) is 3.57. The number of aryl methyl sites for hydroxylation is 1. The molecule has 0 spiro atoms. The van der Waals surface area contributed by atoms with E-state index in [1.165, 1.54) is 12.1 Å². The molecule has 0 radical (unpaired) electrons. The highest BCUT2D eigenvalue weighted by Crippen LogP contribution is 2.34. The lowest BCUT2D eigenvalue weighted by atomic mass is 9.91. The Morgan fingerprint density at radius 2 is 1.84 bits per heavy atom. The second-order valence-corrected chi connectivity index (χ2v) is 7.41. The monoisotopic (exact) mass is 434 g/mol. The summed E-state index contributed by atoms with van der Waals surface area (Å²) in [6.45, 7) is 2.87. The fraction of sp³-hybridized carbons (Fsp3) is 0.231. The summed E-state index contributed by atoms with van der Waals surface area (Å²) >= 11 is 0. The van der Waals surface area contributed by atoms with Crippen LogP contribution in [0.15, 0.2) is 66.7 Å². The molecule has 0 amide bonds. The van der Waals surface area contributed by atoms with E-state index in [-0.39, 0.29) is 11.4 Å². The molecule has 166 valence electrons. The standard InChI is InChI=1S/C26H27FN2O3/c1-2-8-22-24(26(30)31)23(19-12-14-20(27)15-13-19)21(25(28)29-22)11-6-7-16-32-17-18-9-4-3-5-10-18/h3-7,9-10,12-15H,2,8,11,16-17H2,1H3,(H2,28,29)(H,30,31)/b7-6+. The molecule has 2 aromatic carbocycles. The van der Waals surface area contributed by atoms with Gasteiger partial charge in [0.2, 0.25) is 0 Å². The first-order valence-electron chi connectivity index (χ1n) is 10.6. The lowest BCUT2D eigenvalue weighted by molar-refractivity contribution is 0.0696. The van der Waals surface area contributed by atoms with E-state index in [9.17, 15) is 14.3 Å². The summed E-state index contributed by atoms with van der Waals surface area (Å²) in [6.07, 6.45) is 5.36. The van der Waals surface area contributed by atoms with Crippen molar-refractivity contribution < 1.29 is 19.0 Å². The van der Waals surface area contributed by atoms with Crippen LogP contribution >= 0.6 is 0 Å². The van der Waals surface area contributed by atoms with Crippen LogP contribution in [0.4, 0.5) is 10.2 Å². The number of hydrogen-bond acceptors (Lipinski definition) is 4. The minimum atomic E-state index is -1.07. The number of carbonyl (C=O) groups is 1.